The van der Waals surface area contributed by atoms with Crippen LogP contribution in [-0.4, -0.2) is 23.4 Å². The van der Waals surface area contributed by atoms with Crippen LogP contribution in [0.3, 0.4) is 0 Å². The molecule has 1 aliphatic rings. The molecule has 0 aliphatic carbocycles. The molecule has 2 rings (SSSR count). The van der Waals surface area contributed by atoms with Crippen molar-refractivity contribution < 1.29 is 9.18 Å². The number of amides is 1. The third-order valence-corrected chi connectivity index (χ3v) is 3.42. The zero-order valence-electron chi connectivity index (χ0n) is 9.49. The average Bonchev–Trinajstić information content (AvgIpc) is 2.53. The SMILES string of the molecule is CCN1C(=O)CC(N)C1c1ccc(F)cc1Cl. The van der Waals surface area contributed by atoms with Crippen molar-refractivity contribution in [2.75, 3.05) is 6.54 Å². The number of nitrogens with two attached hydrogens (primary N) is 1. The second-order valence-electron chi connectivity index (χ2n) is 4.16. The Kier molecular flexibility index (Phi) is 3.35. The standard InChI is InChI=1S/C12H14ClFN2O/c1-2-16-11(17)6-10(15)12(16)8-4-3-7(14)5-9(8)13/h3-5,10,12H,2,6,15H2,1H3. The normalized spacial score (nSPS) is 24.5. The minimum Gasteiger partial charge on any atom is -0.334 e. The van der Waals surface area contributed by atoms with E-state index in [1.54, 1.807) is 11.0 Å². The van der Waals surface area contributed by atoms with E-state index in [2.05, 4.69) is 0 Å². The van der Waals surface area contributed by atoms with Crippen LogP contribution in [0.5, 0.6) is 0 Å². The lowest BCUT2D eigenvalue weighted by Gasteiger charge is -2.26. The highest BCUT2D eigenvalue weighted by Crippen LogP contribution is 2.35. The Morgan fingerprint density at radius 2 is 2.29 bits per heavy atom. The smallest absolute Gasteiger partial charge is 0.224 e. The Morgan fingerprint density at radius 3 is 2.88 bits per heavy atom. The molecule has 2 N–H and O–H groups in total. The highest BCUT2D eigenvalue weighted by molar-refractivity contribution is 6.31. The first-order chi connectivity index (χ1) is 8.04. The van der Waals surface area contributed by atoms with Gasteiger partial charge in [0.2, 0.25) is 5.91 Å². The number of rotatable bonds is 2. The maximum atomic E-state index is 13.0. The van der Waals surface area contributed by atoms with Crippen molar-refractivity contribution in [2.24, 2.45) is 5.73 Å². The number of carbonyl (C=O) groups is 1. The van der Waals surface area contributed by atoms with Crippen LogP contribution in [0, 0.1) is 5.82 Å². The predicted octanol–water partition coefficient (Wildman–Crippen LogP) is 2.10. The van der Waals surface area contributed by atoms with Crippen LogP contribution in [0.4, 0.5) is 4.39 Å². The molecule has 2 atom stereocenters. The van der Waals surface area contributed by atoms with Crippen molar-refractivity contribution in [3.8, 4) is 0 Å². The molecule has 1 fully saturated rings. The third kappa shape index (κ3) is 2.15. The molecule has 1 saturated heterocycles. The van der Waals surface area contributed by atoms with Gasteiger partial charge in [-0.25, -0.2) is 4.39 Å². The van der Waals surface area contributed by atoms with E-state index in [-0.39, 0.29) is 23.8 Å². The summed E-state index contributed by atoms with van der Waals surface area (Å²) >= 11 is 6.01. The number of halogens is 2. The van der Waals surface area contributed by atoms with Gasteiger partial charge >= 0.3 is 0 Å². The minimum atomic E-state index is -0.389. The summed E-state index contributed by atoms with van der Waals surface area (Å²) in [5, 5.41) is 0.318. The molecule has 0 spiro atoms. The van der Waals surface area contributed by atoms with Crippen molar-refractivity contribution in [3.05, 3.63) is 34.6 Å². The van der Waals surface area contributed by atoms with Crippen LogP contribution in [0.1, 0.15) is 24.9 Å². The monoisotopic (exact) mass is 256 g/mol. The molecule has 1 aliphatic heterocycles. The Hall–Kier alpha value is -1.13. The summed E-state index contributed by atoms with van der Waals surface area (Å²) in [7, 11) is 0. The van der Waals surface area contributed by atoms with E-state index in [0.29, 0.717) is 23.6 Å². The fourth-order valence-electron chi connectivity index (χ4n) is 2.33. The zero-order chi connectivity index (χ0) is 12.6. The molecule has 5 heteroatoms. The van der Waals surface area contributed by atoms with E-state index in [4.69, 9.17) is 17.3 Å². The summed E-state index contributed by atoms with van der Waals surface area (Å²) in [4.78, 5) is 13.4. The van der Waals surface area contributed by atoms with Crippen molar-refractivity contribution in [1.82, 2.24) is 4.90 Å². The second kappa shape index (κ2) is 4.63. The van der Waals surface area contributed by atoms with Gasteiger partial charge in [0.1, 0.15) is 5.82 Å². The zero-order valence-corrected chi connectivity index (χ0v) is 10.2. The highest BCUT2D eigenvalue weighted by Gasteiger charge is 2.38. The molecule has 1 heterocycles. The first-order valence-corrected chi connectivity index (χ1v) is 5.92. The first-order valence-electron chi connectivity index (χ1n) is 5.54. The third-order valence-electron chi connectivity index (χ3n) is 3.09. The molecule has 2 unspecified atom stereocenters. The number of benzene rings is 1. The van der Waals surface area contributed by atoms with Crippen LogP contribution in [0.15, 0.2) is 18.2 Å². The number of hydrogen-bond donors (Lipinski definition) is 1. The van der Waals surface area contributed by atoms with Crippen LogP contribution >= 0.6 is 11.6 Å². The van der Waals surface area contributed by atoms with Crippen LogP contribution in [0.25, 0.3) is 0 Å². The fraction of sp³-hybridized carbons (Fsp3) is 0.417. The van der Waals surface area contributed by atoms with Crippen molar-refractivity contribution in [3.63, 3.8) is 0 Å². The molecule has 0 aromatic heterocycles. The second-order valence-corrected chi connectivity index (χ2v) is 4.57. The molecule has 0 saturated carbocycles. The van der Waals surface area contributed by atoms with Crippen molar-refractivity contribution in [2.45, 2.75) is 25.4 Å². The van der Waals surface area contributed by atoms with Gasteiger partial charge in [0.15, 0.2) is 0 Å². The Labute approximate surface area is 104 Å². The topological polar surface area (TPSA) is 46.3 Å². The largest absolute Gasteiger partial charge is 0.334 e. The molecule has 3 nitrogen and oxygen atoms in total. The van der Waals surface area contributed by atoms with E-state index < -0.39 is 0 Å². The summed E-state index contributed by atoms with van der Waals surface area (Å²) in [5.74, 6) is -0.370. The summed E-state index contributed by atoms with van der Waals surface area (Å²) < 4.78 is 13.0. The van der Waals surface area contributed by atoms with Crippen LogP contribution in [-0.2, 0) is 4.79 Å². The molecular weight excluding hydrogens is 243 g/mol. The quantitative estimate of drug-likeness (QED) is 0.881. The Morgan fingerprint density at radius 1 is 1.59 bits per heavy atom. The Balaban J connectivity index is 2.41. The van der Waals surface area contributed by atoms with Crippen molar-refractivity contribution >= 4 is 17.5 Å². The lowest BCUT2D eigenvalue weighted by molar-refractivity contribution is -0.128. The number of likely N-dealkylation sites (tertiary alicyclic amines) is 1. The summed E-state index contributed by atoms with van der Waals surface area (Å²) in [5.41, 5.74) is 6.68. The van der Waals surface area contributed by atoms with E-state index in [1.165, 1.54) is 12.1 Å². The molecule has 0 bridgehead atoms. The van der Waals surface area contributed by atoms with Gasteiger partial charge in [-0.15, -0.1) is 0 Å². The number of nitrogens with zero attached hydrogens (tertiary/aromatic N) is 1. The summed E-state index contributed by atoms with van der Waals surface area (Å²) in [6.45, 7) is 2.46. The van der Waals surface area contributed by atoms with Gasteiger partial charge in [-0.1, -0.05) is 17.7 Å². The van der Waals surface area contributed by atoms with Gasteiger partial charge in [-0.05, 0) is 24.6 Å². The van der Waals surface area contributed by atoms with Gasteiger partial charge in [-0.2, -0.15) is 0 Å². The maximum Gasteiger partial charge on any atom is 0.224 e. The number of hydrogen-bond acceptors (Lipinski definition) is 2. The molecule has 0 radical (unpaired) electrons. The number of likely N-dealkylation sites (N-methyl/N-ethyl adjacent to an activating group) is 1. The van der Waals surface area contributed by atoms with E-state index in [9.17, 15) is 9.18 Å². The molecule has 17 heavy (non-hydrogen) atoms. The first kappa shape index (κ1) is 12.3. The van der Waals surface area contributed by atoms with Gasteiger partial charge in [-0.3, -0.25) is 4.79 Å². The molecule has 1 aromatic rings. The summed E-state index contributed by atoms with van der Waals surface area (Å²) in [6, 6.07) is 3.65. The van der Waals surface area contributed by atoms with E-state index in [1.807, 2.05) is 6.92 Å². The highest BCUT2D eigenvalue weighted by atomic mass is 35.5. The molecule has 92 valence electrons. The van der Waals surface area contributed by atoms with Crippen LogP contribution < -0.4 is 5.73 Å². The number of carbonyl (C=O) groups excluding carboxylic acids is 1. The fourth-order valence-corrected chi connectivity index (χ4v) is 2.61. The lowest BCUT2D eigenvalue weighted by Crippen LogP contribution is -2.33. The maximum absolute atomic E-state index is 13.0. The minimum absolute atomic E-state index is 0.0189. The van der Waals surface area contributed by atoms with Crippen molar-refractivity contribution in [1.29, 1.82) is 0 Å². The van der Waals surface area contributed by atoms with E-state index in [0.717, 1.165) is 0 Å². The van der Waals surface area contributed by atoms with Gasteiger partial charge in [0, 0.05) is 24.0 Å². The molecular formula is C12H14ClFN2O. The summed E-state index contributed by atoms with van der Waals surface area (Å²) in [6.07, 6.45) is 0.312. The van der Waals surface area contributed by atoms with Gasteiger partial charge in [0.25, 0.3) is 0 Å². The molecule has 1 amide bonds. The Bertz CT molecular complexity index is 452. The van der Waals surface area contributed by atoms with E-state index >= 15 is 0 Å². The lowest BCUT2D eigenvalue weighted by atomic mass is 10.0. The predicted molar refractivity (Wildman–Crippen MR) is 64.1 cm³/mol. The van der Waals surface area contributed by atoms with Gasteiger partial charge < -0.3 is 10.6 Å². The molecule has 1 aromatic carbocycles. The van der Waals surface area contributed by atoms with Gasteiger partial charge in [0.05, 0.1) is 6.04 Å². The van der Waals surface area contributed by atoms with Crippen LogP contribution in [0.2, 0.25) is 5.02 Å². The average molecular weight is 257 g/mol.